The molecule has 3 rings (SSSR count). The van der Waals surface area contributed by atoms with Crippen molar-refractivity contribution < 1.29 is 19.4 Å². The van der Waals surface area contributed by atoms with Crippen LogP contribution >= 0.6 is 0 Å². The summed E-state index contributed by atoms with van der Waals surface area (Å²) in [5.41, 5.74) is 1.000. The molecule has 0 unspecified atom stereocenters. The number of rotatable bonds is 4. The molecule has 3 heterocycles. The van der Waals surface area contributed by atoms with Gasteiger partial charge in [-0.25, -0.2) is 0 Å². The lowest BCUT2D eigenvalue weighted by Crippen LogP contribution is -2.50. The molecule has 1 amide bonds. The molecule has 0 bridgehead atoms. The van der Waals surface area contributed by atoms with Crippen LogP contribution in [-0.4, -0.2) is 71.0 Å². The lowest BCUT2D eigenvalue weighted by Gasteiger charge is -2.27. The zero-order valence-corrected chi connectivity index (χ0v) is 13.7. The average molecular weight is 340 g/mol. The number of carboxylic acid groups (broad SMARTS) is 1. The Morgan fingerprint density at radius 3 is 2.62 bits per heavy atom. The molecule has 0 spiro atoms. The molecule has 0 radical (unpaired) electrons. The first-order valence-corrected chi connectivity index (χ1v) is 8.02. The van der Waals surface area contributed by atoms with Crippen molar-refractivity contribution in [3.05, 3.63) is 21.6 Å². The Morgan fingerprint density at radius 1 is 1.38 bits per heavy atom. The van der Waals surface area contributed by atoms with Crippen molar-refractivity contribution in [1.29, 1.82) is 0 Å². The first kappa shape index (κ1) is 18.2. The van der Waals surface area contributed by atoms with Crippen molar-refractivity contribution in [2.45, 2.75) is 38.3 Å². The number of ether oxygens (including phenoxy) is 1. The minimum Gasteiger partial charge on any atom is -0.483 e. The molecular weight excluding hydrogens is 316 g/mol. The number of nitrogens with zero attached hydrogens (tertiary/aromatic N) is 1. The minimum absolute atomic E-state index is 0.0222. The lowest BCUT2D eigenvalue weighted by molar-refractivity contribution is -0.123. The number of carbonyl (C=O) groups is 2. The highest BCUT2D eigenvalue weighted by molar-refractivity contribution is 5.79. The van der Waals surface area contributed by atoms with Gasteiger partial charge in [0.2, 0.25) is 5.91 Å². The van der Waals surface area contributed by atoms with E-state index in [-0.39, 0.29) is 36.4 Å². The van der Waals surface area contributed by atoms with Crippen LogP contribution in [0.25, 0.3) is 0 Å². The summed E-state index contributed by atoms with van der Waals surface area (Å²) in [6, 6.07) is 0.288. The quantitative estimate of drug-likeness (QED) is 0.533. The Balaban J connectivity index is 0.000000647. The van der Waals surface area contributed by atoms with Crippen LogP contribution in [0, 0.1) is 6.92 Å². The normalized spacial score (nSPS) is 23.5. The Labute approximate surface area is 139 Å². The first-order valence-electron chi connectivity index (χ1n) is 8.02. The summed E-state index contributed by atoms with van der Waals surface area (Å²) in [6.07, 6.45) is 2.54. The van der Waals surface area contributed by atoms with E-state index in [2.05, 4.69) is 20.4 Å². The van der Waals surface area contributed by atoms with Crippen LogP contribution in [-0.2, 0) is 20.7 Å². The third kappa shape index (κ3) is 4.45. The van der Waals surface area contributed by atoms with Crippen molar-refractivity contribution in [3.63, 3.8) is 0 Å². The van der Waals surface area contributed by atoms with Crippen LogP contribution in [0.4, 0.5) is 0 Å². The topological polar surface area (TPSA) is 128 Å². The molecule has 2 aliphatic heterocycles. The van der Waals surface area contributed by atoms with Crippen LogP contribution < -0.4 is 10.9 Å². The summed E-state index contributed by atoms with van der Waals surface area (Å²) in [5.74, 6) is -0.122. The Bertz CT molecular complexity index is 605. The number of hydrogen-bond acceptors (Lipinski definition) is 5. The standard InChI is InChI=1S/C14H22N4O3.CH2O2/c1-9-10(14(20)17-16-9)6-13(19)15-11-7-21-8-12(11)18-4-2-3-5-18;2-1-3/h11-12H,2-8H2,1H3,(H,15,19)(H2,16,17,20);1H,(H,2,3)/t11-,12-;/m0./s1. The van der Waals surface area contributed by atoms with E-state index in [9.17, 15) is 9.59 Å². The van der Waals surface area contributed by atoms with Gasteiger partial charge in [0.1, 0.15) is 0 Å². The van der Waals surface area contributed by atoms with Gasteiger partial charge in [-0.2, -0.15) is 0 Å². The van der Waals surface area contributed by atoms with E-state index in [1.165, 1.54) is 12.8 Å². The zero-order chi connectivity index (χ0) is 17.5. The highest BCUT2D eigenvalue weighted by atomic mass is 16.5. The predicted molar refractivity (Wildman–Crippen MR) is 85.9 cm³/mol. The Morgan fingerprint density at radius 2 is 2.04 bits per heavy atom. The van der Waals surface area contributed by atoms with Gasteiger partial charge in [-0.3, -0.25) is 24.4 Å². The molecule has 134 valence electrons. The van der Waals surface area contributed by atoms with Crippen LogP contribution in [0.5, 0.6) is 0 Å². The van der Waals surface area contributed by atoms with Gasteiger partial charge in [-0.15, -0.1) is 0 Å². The number of nitrogens with one attached hydrogen (secondary N) is 3. The molecular formula is C15H24N4O5. The van der Waals surface area contributed by atoms with Gasteiger partial charge < -0.3 is 20.3 Å². The second kappa shape index (κ2) is 8.65. The number of amides is 1. The van der Waals surface area contributed by atoms with Crippen LogP contribution in [0.3, 0.4) is 0 Å². The molecule has 9 nitrogen and oxygen atoms in total. The van der Waals surface area contributed by atoms with Crippen molar-refractivity contribution in [2.24, 2.45) is 0 Å². The average Bonchev–Trinajstić information content (AvgIpc) is 3.26. The van der Waals surface area contributed by atoms with Gasteiger partial charge in [0.25, 0.3) is 12.0 Å². The predicted octanol–water partition coefficient (Wildman–Crippen LogP) is -0.766. The van der Waals surface area contributed by atoms with E-state index >= 15 is 0 Å². The summed E-state index contributed by atoms with van der Waals surface area (Å²) in [7, 11) is 0. The fourth-order valence-electron chi connectivity index (χ4n) is 3.22. The van der Waals surface area contributed by atoms with Crippen molar-refractivity contribution in [3.8, 4) is 0 Å². The molecule has 1 aromatic heterocycles. The minimum atomic E-state index is -0.250. The molecule has 9 heteroatoms. The van der Waals surface area contributed by atoms with Gasteiger partial charge in [-0.1, -0.05) is 0 Å². The second-order valence-corrected chi connectivity index (χ2v) is 5.99. The molecule has 2 aliphatic rings. The molecule has 24 heavy (non-hydrogen) atoms. The van der Waals surface area contributed by atoms with Gasteiger partial charge >= 0.3 is 0 Å². The maximum atomic E-state index is 12.2. The van der Waals surface area contributed by atoms with Gasteiger partial charge in [-0.05, 0) is 32.9 Å². The smallest absolute Gasteiger partial charge is 0.290 e. The third-order valence-corrected chi connectivity index (χ3v) is 4.43. The van der Waals surface area contributed by atoms with E-state index in [4.69, 9.17) is 14.6 Å². The number of carbonyl (C=O) groups excluding carboxylic acids is 1. The molecule has 4 N–H and O–H groups in total. The summed E-state index contributed by atoms with van der Waals surface area (Å²) in [6.45, 7) is 4.92. The Kier molecular flexibility index (Phi) is 6.56. The molecule has 2 saturated heterocycles. The van der Waals surface area contributed by atoms with E-state index < -0.39 is 0 Å². The second-order valence-electron chi connectivity index (χ2n) is 5.99. The fraction of sp³-hybridized carbons (Fsp3) is 0.667. The maximum Gasteiger partial charge on any atom is 0.290 e. The molecule has 1 aromatic rings. The number of H-pyrrole nitrogens is 2. The molecule has 0 aromatic carbocycles. The summed E-state index contributed by atoms with van der Waals surface area (Å²) in [5, 5.41) is 15.2. The fourth-order valence-corrected chi connectivity index (χ4v) is 3.22. The molecule has 2 fully saturated rings. The zero-order valence-electron chi connectivity index (χ0n) is 13.7. The van der Waals surface area contributed by atoms with Gasteiger partial charge in [0, 0.05) is 11.3 Å². The van der Waals surface area contributed by atoms with Crippen molar-refractivity contribution in [1.82, 2.24) is 20.4 Å². The van der Waals surface area contributed by atoms with E-state index in [0.29, 0.717) is 24.5 Å². The monoisotopic (exact) mass is 340 g/mol. The van der Waals surface area contributed by atoms with Gasteiger partial charge in [0.15, 0.2) is 0 Å². The highest BCUT2D eigenvalue weighted by Gasteiger charge is 2.35. The van der Waals surface area contributed by atoms with E-state index in [0.717, 1.165) is 13.1 Å². The maximum absolute atomic E-state index is 12.2. The number of aromatic nitrogens is 2. The molecule has 2 atom stereocenters. The number of aryl methyl sites for hydroxylation is 1. The van der Waals surface area contributed by atoms with Crippen molar-refractivity contribution >= 4 is 12.4 Å². The van der Waals surface area contributed by atoms with Crippen LogP contribution in [0.2, 0.25) is 0 Å². The van der Waals surface area contributed by atoms with Gasteiger partial charge in [0.05, 0.1) is 31.7 Å². The number of aromatic amines is 2. The highest BCUT2D eigenvalue weighted by Crippen LogP contribution is 2.19. The summed E-state index contributed by atoms with van der Waals surface area (Å²) < 4.78 is 5.54. The summed E-state index contributed by atoms with van der Waals surface area (Å²) in [4.78, 5) is 34.5. The van der Waals surface area contributed by atoms with Crippen molar-refractivity contribution in [2.75, 3.05) is 26.3 Å². The third-order valence-electron chi connectivity index (χ3n) is 4.43. The first-order chi connectivity index (χ1) is 11.6. The summed E-state index contributed by atoms with van der Waals surface area (Å²) >= 11 is 0. The largest absolute Gasteiger partial charge is 0.483 e. The Hall–Kier alpha value is -2.13. The lowest BCUT2D eigenvalue weighted by atomic mass is 10.1. The number of hydrogen-bond donors (Lipinski definition) is 4. The molecule has 0 aliphatic carbocycles. The van der Waals surface area contributed by atoms with Crippen LogP contribution in [0.15, 0.2) is 4.79 Å². The number of likely N-dealkylation sites (tertiary alicyclic amines) is 1. The van der Waals surface area contributed by atoms with E-state index in [1.54, 1.807) is 6.92 Å². The SMILES string of the molecule is Cc1[nH][nH]c(=O)c1CC(=O)N[C@H]1COC[C@@H]1N1CCCC1.O=CO. The molecule has 0 saturated carbocycles. The van der Waals surface area contributed by atoms with E-state index in [1.807, 2.05) is 0 Å². The van der Waals surface area contributed by atoms with Crippen LogP contribution in [0.1, 0.15) is 24.1 Å².